The maximum Gasteiger partial charge on any atom is 0.225 e. The zero-order valence-electron chi connectivity index (χ0n) is 16.5. The van der Waals surface area contributed by atoms with Gasteiger partial charge in [-0.05, 0) is 31.6 Å². The normalized spacial score (nSPS) is 20.1. The van der Waals surface area contributed by atoms with E-state index in [0.29, 0.717) is 37.1 Å². The monoisotopic (exact) mass is 394 g/mol. The van der Waals surface area contributed by atoms with Crippen LogP contribution in [0.4, 0.5) is 5.95 Å². The van der Waals surface area contributed by atoms with E-state index in [1.807, 2.05) is 11.8 Å². The summed E-state index contributed by atoms with van der Waals surface area (Å²) in [6, 6.07) is 0. The Morgan fingerprint density at radius 3 is 2.33 bits per heavy atom. The Labute approximate surface area is 162 Å². The molecule has 3 heterocycles. The Balaban J connectivity index is 1.85. The molecule has 3 rings (SSSR count). The van der Waals surface area contributed by atoms with E-state index in [-0.39, 0.29) is 16.7 Å². The molecule has 2 saturated heterocycles. The summed E-state index contributed by atoms with van der Waals surface area (Å²) in [6.45, 7) is 7.24. The number of likely N-dealkylation sites (tertiary alicyclic amines) is 1. The SMILES string of the molecule is CCC(=O)N1CCC(c2nc(N3CCC(C)CC3)ncc2S(C)(=O)=O)CC1. The van der Waals surface area contributed by atoms with Crippen LogP contribution in [0.5, 0.6) is 0 Å². The average Bonchev–Trinajstić information content (AvgIpc) is 2.67. The first-order valence-corrected chi connectivity index (χ1v) is 11.8. The van der Waals surface area contributed by atoms with Crippen molar-refractivity contribution in [1.82, 2.24) is 14.9 Å². The molecule has 2 aliphatic heterocycles. The van der Waals surface area contributed by atoms with E-state index in [9.17, 15) is 13.2 Å². The predicted octanol–water partition coefficient (Wildman–Crippen LogP) is 2.23. The van der Waals surface area contributed by atoms with E-state index in [4.69, 9.17) is 4.98 Å². The van der Waals surface area contributed by atoms with Gasteiger partial charge < -0.3 is 9.80 Å². The average molecular weight is 395 g/mol. The molecule has 0 aliphatic carbocycles. The van der Waals surface area contributed by atoms with Crippen molar-refractivity contribution in [2.75, 3.05) is 37.3 Å². The fourth-order valence-electron chi connectivity index (χ4n) is 3.94. The maximum absolute atomic E-state index is 12.3. The number of piperidine rings is 2. The molecule has 0 spiro atoms. The molecule has 8 heteroatoms. The van der Waals surface area contributed by atoms with E-state index in [1.165, 1.54) is 12.5 Å². The highest BCUT2D eigenvalue weighted by molar-refractivity contribution is 7.90. The van der Waals surface area contributed by atoms with Gasteiger partial charge in [-0.3, -0.25) is 4.79 Å². The molecule has 0 atom stereocenters. The van der Waals surface area contributed by atoms with Crippen molar-refractivity contribution in [1.29, 1.82) is 0 Å². The predicted molar refractivity (Wildman–Crippen MR) is 105 cm³/mol. The van der Waals surface area contributed by atoms with Gasteiger partial charge in [0.05, 0.1) is 11.9 Å². The molecule has 0 aromatic carbocycles. The lowest BCUT2D eigenvalue weighted by Crippen LogP contribution is -2.38. The van der Waals surface area contributed by atoms with Crippen molar-refractivity contribution in [2.24, 2.45) is 5.92 Å². The summed E-state index contributed by atoms with van der Waals surface area (Å²) in [4.78, 5) is 25.3. The van der Waals surface area contributed by atoms with Crippen LogP contribution >= 0.6 is 0 Å². The lowest BCUT2D eigenvalue weighted by Gasteiger charge is -2.33. The molecule has 1 aromatic rings. The highest BCUT2D eigenvalue weighted by Gasteiger charge is 2.30. The second-order valence-corrected chi connectivity index (χ2v) is 9.85. The molecule has 0 N–H and O–H groups in total. The molecule has 0 bridgehead atoms. The van der Waals surface area contributed by atoms with Crippen molar-refractivity contribution >= 4 is 21.7 Å². The topological polar surface area (TPSA) is 83.5 Å². The first kappa shape index (κ1) is 20.0. The number of sulfone groups is 1. The van der Waals surface area contributed by atoms with Gasteiger partial charge in [-0.15, -0.1) is 0 Å². The minimum Gasteiger partial charge on any atom is -0.343 e. The number of aromatic nitrogens is 2. The van der Waals surface area contributed by atoms with E-state index < -0.39 is 9.84 Å². The number of carbonyl (C=O) groups is 1. The van der Waals surface area contributed by atoms with Gasteiger partial charge in [0, 0.05) is 44.8 Å². The van der Waals surface area contributed by atoms with E-state index >= 15 is 0 Å². The molecule has 2 fully saturated rings. The second-order valence-electron chi connectivity index (χ2n) is 7.87. The summed E-state index contributed by atoms with van der Waals surface area (Å²) in [5, 5.41) is 0. The highest BCUT2D eigenvalue weighted by atomic mass is 32.2. The molecule has 0 radical (unpaired) electrons. The van der Waals surface area contributed by atoms with Gasteiger partial charge >= 0.3 is 0 Å². The summed E-state index contributed by atoms with van der Waals surface area (Å²) in [6.07, 6.45) is 6.88. The molecule has 7 nitrogen and oxygen atoms in total. The fraction of sp³-hybridized carbons (Fsp3) is 0.737. The Hall–Kier alpha value is -1.70. The van der Waals surface area contributed by atoms with Gasteiger partial charge in [0.1, 0.15) is 4.90 Å². The van der Waals surface area contributed by atoms with Crippen LogP contribution in [0.2, 0.25) is 0 Å². The number of rotatable bonds is 4. The Kier molecular flexibility index (Phi) is 6.03. The van der Waals surface area contributed by atoms with Crippen LogP contribution in [0.3, 0.4) is 0 Å². The van der Waals surface area contributed by atoms with Crippen LogP contribution < -0.4 is 4.90 Å². The third-order valence-electron chi connectivity index (χ3n) is 5.77. The molecular weight excluding hydrogens is 364 g/mol. The molecule has 1 aromatic heterocycles. The van der Waals surface area contributed by atoms with Crippen molar-refractivity contribution in [3.05, 3.63) is 11.9 Å². The first-order valence-electron chi connectivity index (χ1n) is 9.89. The summed E-state index contributed by atoms with van der Waals surface area (Å²) in [5.41, 5.74) is 0.629. The summed E-state index contributed by atoms with van der Waals surface area (Å²) in [7, 11) is -3.40. The van der Waals surface area contributed by atoms with Gasteiger partial charge in [-0.1, -0.05) is 13.8 Å². The van der Waals surface area contributed by atoms with E-state index in [2.05, 4.69) is 16.8 Å². The number of anilines is 1. The summed E-state index contributed by atoms with van der Waals surface area (Å²) in [5.74, 6) is 1.54. The van der Waals surface area contributed by atoms with Crippen LogP contribution in [0.15, 0.2) is 11.1 Å². The zero-order valence-corrected chi connectivity index (χ0v) is 17.3. The van der Waals surface area contributed by atoms with Gasteiger partial charge in [0.15, 0.2) is 9.84 Å². The molecule has 0 unspecified atom stereocenters. The van der Waals surface area contributed by atoms with Crippen molar-refractivity contribution < 1.29 is 13.2 Å². The Bertz CT molecular complexity index is 780. The van der Waals surface area contributed by atoms with Gasteiger partial charge in [0.25, 0.3) is 0 Å². The second kappa shape index (κ2) is 8.12. The molecule has 0 saturated carbocycles. The van der Waals surface area contributed by atoms with Crippen molar-refractivity contribution in [2.45, 2.75) is 56.8 Å². The lowest BCUT2D eigenvalue weighted by atomic mass is 9.93. The third-order valence-corrected chi connectivity index (χ3v) is 6.89. The van der Waals surface area contributed by atoms with Crippen LogP contribution in [0.1, 0.15) is 57.6 Å². The zero-order chi connectivity index (χ0) is 19.6. The Morgan fingerprint density at radius 2 is 1.78 bits per heavy atom. The summed E-state index contributed by atoms with van der Waals surface area (Å²) < 4.78 is 24.6. The van der Waals surface area contributed by atoms with Gasteiger partial charge in [-0.25, -0.2) is 18.4 Å². The van der Waals surface area contributed by atoms with Crippen molar-refractivity contribution in [3.8, 4) is 0 Å². The number of nitrogens with zero attached hydrogens (tertiary/aromatic N) is 4. The smallest absolute Gasteiger partial charge is 0.225 e. The quantitative estimate of drug-likeness (QED) is 0.779. The highest BCUT2D eigenvalue weighted by Crippen LogP contribution is 2.32. The van der Waals surface area contributed by atoms with E-state index in [1.54, 1.807) is 0 Å². The molecule has 150 valence electrons. The minimum absolute atomic E-state index is 0.0427. The van der Waals surface area contributed by atoms with Crippen LogP contribution in [-0.4, -0.2) is 61.6 Å². The van der Waals surface area contributed by atoms with Gasteiger partial charge in [0.2, 0.25) is 11.9 Å². The largest absolute Gasteiger partial charge is 0.343 e. The van der Waals surface area contributed by atoms with Gasteiger partial charge in [-0.2, -0.15) is 0 Å². The number of amides is 1. The molecule has 2 aliphatic rings. The summed E-state index contributed by atoms with van der Waals surface area (Å²) >= 11 is 0. The molecule has 27 heavy (non-hydrogen) atoms. The van der Waals surface area contributed by atoms with Crippen LogP contribution in [-0.2, 0) is 14.6 Å². The molecular formula is C19H30N4O3S. The first-order chi connectivity index (χ1) is 12.8. The standard InChI is InChI=1S/C19H30N4O3S/c1-4-17(24)22-11-7-15(8-12-22)18-16(27(3,25)26)13-20-19(21-18)23-9-5-14(2)6-10-23/h13-15H,4-12H2,1-3H3. The van der Waals surface area contributed by atoms with E-state index in [0.717, 1.165) is 38.8 Å². The van der Waals surface area contributed by atoms with Crippen LogP contribution in [0, 0.1) is 5.92 Å². The lowest BCUT2D eigenvalue weighted by molar-refractivity contribution is -0.131. The Morgan fingerprint density at radius 1 is 1.15 bits per heavy atom. The number of hydrogen-bond acceptors (Lipinski definition) is 6. The number of hydrogen-bond donors (Lipinski definition) is 0. The van der Waals surface area contributed by atoms with Crippen LogP contribution in [0.25, 0.3) is 0 Å². The molecule has 1 amide bonds. The minimum atomic E-state index is -3.40. The third kappa shape index (κ3) is 4.59. The fourth-order valence-corrected chi connectivity index (χ4v) is 4.78. The number of carbonyl (C=O) groups excluding carboxylic acids is 1. The maximum atomic E-state index is 12.3. The van der Waals surface area contributed by atoms with Crippen molar-refractivity contribution in [3.63, 3.8) is 0 Å².